The Balaban J connectivity index is 1.60. The molecule has 0 spiro atoms. The number of aliphatic hydroxyl groups is 1. The lowest BCUT2D eigenvalue weighted by Crippen LogP contribution is -2.15. The number of hydrogen-bond donors (Lipinski definition) is 2. The van der Waals surface area contributed by atoms with E-state index in [4.69, 9.17) is 4.42 Å². The molecule has 2 aliphatic carbocycles. The molecule has 150 valence electrons. The van der Waals surface area contributed by atoms with E-state index in [-0.39, 0.29) is 6.03 Å². The van der Waals surface area contributed by atoms with Gasteiger partial charge >= 0.3 is 6.03 Å². The summed E-state index contributed by atoms with van der Waals surface area (Å²) in [7, 11) is -0.723. The zero-order valence-electron chi connectivity index (χ0n) is 17.0. The molecule has 1 heterocycles. The lowest BCUT2D eigenvalue weighted by Gasteiger charge is -2.15. The van der Waals surface area contributed by atoms with E-state index < -0.39 is 16.3 Å². The van der Waals surface area contributed by atoms with E-state index in [1.807, 2.05) is 19.2 Å². The SMILES string of the molecule is Cc1oc(/[S@](C)=N/C(=O)Nc2c3c(cc4c2CCC4)CCC3)cc1C(C)(C)O. The highest BCUT2D eigenvalue weighted by molar-refractivity contribution is 7.86. The summed E-state index contributed by atoms with van der Waals surface area (Å²) in [6, 6.07) is 3.85. The number of carbonyl (C=O) groups excluding carboxylic acids is 1. The van der Waals surface area contributed by atoms with Crippen LogP contribution in [0.5, 0.6) is 0 Å². The van der Waals surface area contributed by atoms with E-state index in [1.165, 1.54) is 22.3 Å². The molecule has 0 saturated heterocycles. The van der Waals surface area contributed by atoms with Crippen molar-refractivity contribution in [3.8, 4) is 0 Å². The van der Waals surface area contributed by atoms with Crippen LogP contribution in [0.3, 0.4) is 0 Å². The zero-order valence-corrected chi connectivity index (χ0v) is 17.8. The highest BCUT2D eigenvalue weighted by atomic mass is 32.2. The van der Waals surface area contributed by atoms with E-state index in [0.717, 1.165) is 49.8 Å². The number of aryl methyl sites for hydroxylation is 3. The number of hydrogen-bond acceptors (Lipinski definition) is 3. The first kappa shape index (κ1) is 19.4. The third-order valence-corrected chi connectivity index (χ3v) is 6.99. The fraction of sp³-hybridized carbons (Fsp3) is 0.500. The molecule has 2 N–H and O–H groups in total. The molecule has 0 fully saturated rings. The maximum atomic E-state index is 12.7. The van der Waals surface area contributed by atoms with Crippen molar-refractivity contribution >= 4 is 22.4 Å². The number of fused-ring (bicyclic) bond motifs is 2. The van der Waals surface area contributed by atoms with Crippen LogP contribution >= 0.6 is 0 Å². The van der Waals surface area contributed by atoms with Crippen LogP contribution in [-0.4, -0.2) is 17.4 Å². The van der Waals surface area contributed by atoms with Gasteiger partial charge in [0.2, 0.25) is 0 Å². The third kappa shape index (κ3) is 3.55. The molecule has 0 radical (unpaired) electrons. The van der Waals surface area contributed by atoms with Gasteiger partial charge in [0.25, 0.3) is 0 Å². The molecular formula is C22H28N2O3S. The Kier molecular flexibility index (Phi) is 4.96. The number of nitrogens with one attached hydrogen (secondary N) is 1. The minimum atomic E-state index is -0.983. The van der Waals surface area contributed by atoms with Crippen molar-refractivity contribution in [1.29, 1.82) is 0 Å². The number of amides is 2. The van der Waals surface area contributed by atoms with Crippen molar-refractivity contribution < 1.29 is 14.3 Å². The second kappa shape index (κ2) is 7.16. The second-order valence-corrected chi connectivity index (χ2v) is 9.87. The molecule has 0 saturated carbocycles. The minimum Gasteiger partial charge on any atom is -0.454 e. The van der Waals surface area contributed by atoms with Crippen molar-refractivity contribution in [2.75, 3.05) is 11.6 Å². The fourth-order valence-corrected chi connectivity index (χ4v) is 5.39. The van der Waals surface area contributed by atoms with Crippen LogP contribution in [0, 0.1) is 6.92 Å². The average Bonchev–Trinajstić information content (AvgIpc) is 3.32. The Morgan fingerprint density at radius 3 is 2.29 bits per heavy atom. The largest absolute Gasteiger partial charge is 0.454 e. The summed E-state index contributed by atoms with van der Waals surface area (Å²) in [6.45, 7) is 5.27. The topological polar surface area (TPSA) is 74.8 Å². The summed E-state index contributed by atoms with van der Waals surface area (Å²) in [5, 5.41) is 14.0. The predicted octanol–water partition coefficient (Wildman–Crippen LogP) is 4.82. The number of benzene rings is 1. The molecule has 1 aromatic heterocycles. The van der Waals surface area contributed by atoms with E-state index in [2.05, 4.69) is 15.7 Å². The van der Waals surface area contributed by atoms with Crippen molar-refractivity contribution in [3.63, 3.8) is 0 Å². The van der Waals surface area contributed by atoms with E-state index >= 15 is 0 Å². The summed E-state index contributed by atoms with van der Waals surface area (Å²) in [5.74, 6) is 0.663. The van der Waals surface area contributed by atoms with Gasteiger partial charge in [-0.05, 0) is 98.3 Å². The van der Waals surface area contributed by atoms with Crippen LogP contribution in [0.2, 0.25) is 0 Å². The van der Waals surface area contributed by atoms with Gasteiger partial charge in [-0.15, -0.1) is 0 Å². The van der Waals surface area contributed by atoms with Crippen LogP contribution in [0.1, 0.15) is 60.3 Å². The quantitative estimate of drug-likeness (QED) is 0.776. The van der Waals surface area contributed by atoms with Gasteiger partial charge in [-0.25, -0.2) is 4.79 Å². The summed E-state index contributed by atoms with van der Waals surface area (Å²) >= 11 is 0. The first-order valence-electron chi connectivity index (χ1n) is 9.92. The molecular weight excluding hydrogens is 372 g/mol. The van der Waals surface area contributed by atoms with Crippen LogP contribution in [0.15, 0.2) is 26.0 Å². The van der Waals surface area contributed by atoms with Gasteiger partial charge in [0.05, 0.1) is 5.60 Å². The normalized spacial score (nSPS) is 16.9. The van der Waals surface area contributed by atoms with Crippen LogP contribution in [0.25, 0.3) is 0 Å². The maximum Gasteiger partial charge on any atom is 0.351 e. The molecule has 0 aliphatic heterocycles. The Bertz CT molecular complexity index is 950. The number of urea groups is 1. The van der Waals surface area contributed by atoms with Gasteiger partial charge in [0.1, 0.15) is 5.76 Å². The van der Waals surface area contributed by atoms with Crippen molar-refractivity contribution in [3.05, 3.63) is 45.7 Å². The van der Waals surface area contributed by atoms with Crippen molar-refractivity contribution in [2.45, 2.75) is 70.0 Å². The number of anilines is 1. The molecule has 2 aromatic rings. The first-order valence-corrected chi connectivity index (χ1v) is 11.5. The maximum absolute atomic E-state index is 12.7. The standard InChI is InChI=1S/C22H28N2O3S/c1-13-18(22(2,3)26)12-19(27-13)28(4)24-21(25)23-20-16-9-5-7-14(16)11-15-8-6-10-17(15)20/h11-12,26H,5-10H2,1-4H3,(H,23,25)/t28-/m0/s1. The number of nitrogens with zero attached hydrogens (tertiary/aromatic N) is 1. The zero-order chi connectivity index (χ0) is 20.1. The fourth-order valence-electron chi connectivity index (χ4n) is 4.47. The lowest BCUT2D eigenvalue weighted by atomic mass is 9.99. The smallest absolute Gasteiger partial charge is 0.351 e. The predicted molar refractivity (Wildman–Crippen MR) is 112 cm³/mol. The van der Waals surface area contributed by atoms with Gasteiger partial charge in [-0.2, -0.15) is 4.36 Å². The van der Waals surface area contributed by atoms with Gasteiger partial charge in [-0.3, -0.25) is 0 Å². The molecule has 2 aliphatic rings. The number of carbonyl (C=O) groups is 1. The van der Waals surface area contributed by atoms with Gasteiger partial charge < -0.3 is 14.8 Å². The Morgan fingerprint density at radius 1 is 1.14 bits per heavy atom. The van der Waals surface area contributed by atoms with Crippen molar-refractivity contribution in [1.82, 2.24) is 0 Å². The van der Waals surface area contributed by atoms with E-state index in [0.29, 0.717) is 10.9 Å². The van der Waals surface area contributed by atoms with Crippen LogP contribution in [-0.2, 0) is 42.0 Å². The van der Waals surface area contributed by atoms with Crippen LogP contribution < -0.4 is 5.32 Å². The molecule has 1 atom stereocenters. The monoisotopic (exact) mass is 400 g/mol. The van der Waals surface area contributed by atoms with Crippen molar-refractivity contribution in [2.24, 2.45) is 4.36 Å². The number of furan rings is 1. The first-order chi connectivity index (χ1) is 13.2. The molecule has 2 amide bonds. The molecule has 28 heavy (non-hydrogen) atoms. The summed E-state index contributed by atoms with van der Waals surface area (Å²) in [6.07, 6.45) is 8.44. The second-order valence-electron chi connectivity index (χ2n) is 8.33. The molecule has 4 rings (SSSR count). The van der Waals surface area contributed by atoms with Crippen LogP contribution in [0.4, 0.5) is 10.5 Å². The third-order valence-electron chi connectivity index (χ3n) is 5.77. The molecule has 0 unspecified atom stereocenters. The van der Waals surface area contributed by atoms with Gasteiger partial charge in [-0.1, -0.05) is 6.07 Å². The van der Waals surface area contributed by atoms with E-state index in [9.17, 15) is 9.90 Å². The minimum absolute atomic E-state index is 0.320. The highest BCUT2D eigenvalue weighted by Crippen LogP contribution is 2.38. The molecule has 5 nitrogen and oxygen atoms in total. The van der Waals surface area contributed by atoms with E-state index in [1.54, 1.807) is 13.8 Å². The Labute approximate surface area is 168 Å². The Morgan fingerprint density at radius 2 is 1.75 bits per heavy atom. The lowest BCUT2D eigenvalue weighted by molar-refractivity contribution is 0.0769. The molecule has 1 aromatic carbocycles. The summed E-state index contributed by atoms with van der Waals surface area (Å²) < 4.78 is 10.1. The van der Waals surface area contributed by atoms with Gasteiger partial charge in [0.15, 0.2) is 5.09 Å². The Hall–Kier alpha value is -1.92. The number of rotatable bonds is 3. The molecule has 6 heteroatoms. The van der Waals surface area contributed by atoms with Gasteiger partial charge in [0, 0.05) is 17.5 Å². The average molecular weight is 401 g/mol. The highest BCUT2D eigenvalue weighted by Gasteiger charge is 2.26. The molecule has 0 bridgehead atoms. The summed E-state index contributed by atoms with van der Waals surface area (Å²) in [5.41, 5.74) is 6.16. The summed E-state index contributed by atoms with van der Waals surface area (Å²) in [4.78, 5) is 12.7.